The van der Waals surface area contributed by atoms with Gasteiger partial charge in [0.05, 0.1) is 12.4 Å². The average molecular weight is 345 g/mol. The number of primary amides is 1. The number of hydrogen-bond donors (Lipinski definition) is 2. The van der Waals surface area contributed by atoms with Gasteiger partial charge < -0.3 is 15.6 Å². The number of aryl methyl sites for hydroxylation is 1. The number of carbonyl (C=O) groups excluding carboxylic acids is 1. The Balaban J connectivity index is 0.000000236. The first-order valence-electron chi connectivity index (χ1n) is 7.85. The third kappa shape index (κ3) is 6.21. The van der Waals surface area contributed by atoms with Crippen LogP contribution in [-0.4, -0.2) is 27.1 Å². The van der Waals surface area contributed by atoms with Gasteiger partial charge in [0, 0.05) is 6.08 Å². The fourth-order valence-corrected chi connectivity index (χ4v) is 1.98. The van der Waals surface area contributed by atoms with E-state index in [1.54, 1.807) is 6.07 Å². The van der Waals surface area contributed by atoms with Crippen LogP contribution in [0.15, 0.2) is 42.7 Å². The summed E-state index contributed by atoms with van der Waals surface area (Å²) in [6.07, 6.45) is 7.12. The highest BCUT2D eigenvalue weighted by Crippen LogP contribution is 2.23. The van der Waals surface area contributed by atoms with E-state index in [-0.39, 0.29) is 23.4 Å². The monoisotopic (exact) mass is 345 g/mol. The summed E-state index contributed by atoms with van der Waals surface area (Å²) in [7, 11) is 0. The third-order valence-electron chi connectivity index (χ3n) is 3.49. The minimum atomic E-state index is -0.737. The van der Waals surface area contributed by atoms with Gasteiger partial charge in [0.15, 0.2) is 0 Å². The molecule has 1 heterocycles. The molecule has 3 rings (SSSR count). The smallest absolute Gasteiger partial charge is 0.245 e. The van der Waals surface area contributed by atoms with Gasteiger partial charge in [-0.2, -0.15) is 0 Å². The molecule has 7 heteroatoms. The second-order valence-electron chi connectivity index (χ2n) is 5.64. The Kier molecular flexibility index (Phi) is 6.45. The van der Waals surface area contributed by atoms with Crippen molar-refractivity contribution in [3.63, 3.8) is 0 Å². The van der Waals surface area contributed by atoms with E-state index in [1.807, 2.05) is 13.0 Å². The van der Waals surface area contributed by atoms with E-state index in [1.165, 1.54) is 30.9 Å². The second kappa shape index (κ2) is 8.77. The average Bonchev–Trinajstić information content (AvgIpc) is 2.51. The van der Waals surface area contributed by atoms with Crippen LogP contribution in [0.5, 0.6) is 5.88 Å². The van der Waals surface area contributed by atoms with Crippen molar-refractivity contribution in [2.75, 3.05) is 0 Å². The molecule has 25 heavy (non-hydrogen) atoms. The van der Waals surface area contributed by atoms with E-state index in [9.17, 15) is 14.3 Å². The maximum absolute atomic E-state index is 12.2. The molecule has 0 saturated heterocycles. The summed E-state index contributed by atoms with van der Waals surface area (Å²) in [6, 6.07) is 6.50. The summed E-state index contributed by atoms with van der Waals surface area (Å²) >= 11 is 0. The van der Waals surface area contributed by atoms with Crippen molar-refractivity contribution in [2.24, 2.45) is 5.73 Å². The molecule has 0 radical (unpaired) electrons. The predicted molar refractivity (Wildman–Crippen MR) is 91.2 cm³/mol. The van der Waals surface area contributed by atoms with Crippen molar-refractivity contribution in [3.8, 4) is 5.88 Å². The summed E-state index contributed by atoms with van der Waals surface area (Å²) in [5.41, 5.74) is 6.05. The summed E-state index contributed by atoms with van der Waals surface area (Å²) in [5, 5.41) is 9.44. The lowest BCUT2D eigenvalue weighted by Crippen LogP contribution is -2.25. The molecule has 0 atom stereocenters. The summed E-state index contributed by atoms with van der Waals surface area (Å²) in [6.45, 7) is 1.86. The fourth-order valence-electron chi connectivity index (χ4n) is 1.98. The number of amides is 1. The fraction of sp³-hybridized carbons (Fsp3) is 0.278. The summed E-state index contributed by atoms with van der Waals surface area (Å²) < 4.78 is 17.7. The zero-order valence-corrected chi connectivity index (χ0v) is 13.9. The topological polar surface area (TPSA) is 98.3 Å². The van der Waals surface area contributed by atoms with Crippen LogP contribution in [-0.2, 0) is 4.79 Å². The molecule has 1 aliphatic rings. The molecular weight excluding hydrogens is 325 g/mol. The Labute approximate surface area is 145 Å². The zero-order valence-electron chi connectivity index (χ0n) is 13.9. The van der Waals surface area contributed by atoms with Gasteiger partial charge in [0.2, 0.25) is 11.8 Å². The third-order valence-corrected chi connectivity index (χ3v) is 3.49. The van der Waals surface area contributed by atoms with Crippen molar-refractivity contribution in [1.82, 2.24) is 9.97 Å². The molecule has 1 aromatic carbocycles. The summed E-state index contributed by atoms with van der Waals surface area (Å²) in [4.78, 5) is 18.5. The number of aromatic nitrogens is 2. The first-order valence-corrected chi connectivity index (χ1v) is 7.85. The number of aliphatic hydroxyl groups excluding tert-OH is 1. The number of ether oxygens (including phenoxy) is 1. The van der Waals surface area contributed by atoms with Gasteiger partial charge in [0.1, 0.15) is 23.4 Å². The van der Waals surface area contributed by atoms with Crippen LogP contribution in [0.3, 0.4) is 0 Å². The van der Waals surface area contributed by atoms with Crippen LogP contribution in [0.2, 0.25) is 0 Å². The molecule has 132 valence electrons. The van der Waals surface area contributed by atoms with Crippen molar-refractivity contribution in [2.45, 2.75) is 32.3 Å². The molecule has 1 fully saturated rings. The molecule has 2 aromatic rings. The van der Waals surface area contributed by atoms with E-state index in [0.717, 1.165) is 24.5 Å². The highest BCUT2D eigenvalue weighted by atomic mass is 19.1. The molecule has 3 N–H and O–H groups in total. The van der Waals surface area contributed by atoms with Crippen LogP contribution < -0.4 is 10.5 Å². The highest BCUT2D eigenvalue weighted by Gasteiger charge is 2.19. The Hall–Kier alpha value is -2.96. The number of rotatable bonds is 4. The maximum atomic E-state index is 12.2. The van der Waals surface area contributed by atoms with Crippen LogP contribution in [0, 0.1) is 12.7 Å². The molecule has 0 unspecified atom stereocenters. The minimum absolute atomic E-state index is 0.162. The molecule has 1 saturated carbocycles. The highest BCUT2D eigenvalue weighted by molar-refractivity contribution is 5.91. The molecule has 1 amide bonds. The molecule has 0 aliphatic heterocycles. The number of halogens is 1. The lowest BCUT2D eigenvalue weighted by atomic mass is 9.96. The number of aliphatic hydroxyl groups is 1. The standard InChI is InChI=1S/C11H13N3O3.C7H7F/c12-10(16)4-9(15)8-5-14-11(6-13-8)17-7-2-1-3-7;1-6-3-2-4-7(8)5-6/h4-7,15H,1-3H2,(H2,12,16);2-5H,1H3/b9-4-;. The van der Waals surface area contributed by atoms with Gasteiger partial charge in [0.25, 0.3) is 0 Å². The minimum Gasteiger partial charge on any atom is -0.505 e. The Morgan fingerprint density at radius 1 is 1.36 bits per heavy atom. The van der Waals surface area contributed by atoms with Gasteiger partial charge in [-0.3, -0.25) is 4.79 Å². The van der Waals surface area contributed by atoms with Gasteiger partial charge in [-0.1, -0.05) is 12.1 Å². The number of benzene rings is 1. The number of nitrogens with two attached hydrogens (primary N) is 1. The zero-order chi connectivity index (χ0) is 18.2. The SMILES string of the molecule is Cc1cccc(F)c1.NC(=O)/C=C(\O)c1cnc(OC2CCC2)cn1. The molecule has 0 bridgehead atoms. The normalized spacial score (nSPS) is 14.1. The largest absolute Gasteiger partial charge is 0.505 e. The first kappa shape index (κ1) is 18.4. The van der Waals surface area contributed by atoms with Crippen molar-refractivity contribution < 1.29 is 19.0 Å². The first-order chi connectivity index (χ1) is 11.9. The van der Waals surface area contributed by atoms with Gasteiger partial charge in [-0.05, 0) is 43.9 Å². The predicted octanol–water partition coefficient (Wildman–Crippen LogP) is 2.93. The number of nitrogens with zero attached hydrogens (tertiary/aromatic N) is 2. The van der Waals surface area contributed by atoms with E-state index >= 15 is 0 Å². The van der Waals surface area contributed by atoms with E-state index in [2.05, 4.69) is 9.97 Å². The molecule has 1 aliphatic carbocycles. The van der Waals surface area contributed by atoms with Gasteiger partial charge in [-0.25, -0.2) is 14.4 Å². The Bertz CT molecular complexity index is 726. The number of hydrogen-bond acceptors (Lipinski definition) is 5. The summed E-state index contributed by atoms with van der Waals surface area (Å²) in [5.74, 6) is -0.783. The van der Waals surface area contributed by atoms with Gasteiger partial charge in [-0.15, -0.1) is 0 Å². The molecular formula is C18H20FN3O3. The van der Waals surface area contributed by atoms with Crippen LogP contribution in [0.4, 0.5) is 4.39 Å². The van der Waals surface area contributed by atoms with Crippen molar-refractivity contribution in [3.05, 3.63) is 59.8 Å². The van der Waals surface area contributed by atoms with Crippen LogP contribution in [0.25, 0.3) is 5.76 Å². The molecule has 0 spiro atoms. The quantitative estimate of drug-likeness (QED) is 0.656. The molecule has 1 aromatic heterocycles. The lowest BCUT2D eigenvalue weighted by molar-refractivity contribution is -0.113. The molecule has 6 nitrogen and oxygen atoms in total. The number of carbonyl (C=O) groups is 1. The van der Waals surface area contributed by atoms with Crippen LogP contribution in [0.1, 0.15) is 30.5 Å². The second-order valence-corrected chi connectivity index (χ2v) is 5.64. The Morgan fingerprint density at radius 2 is 2.12 bits per heavy atom. The van der Waals surface area contributed by atoms with Crippen molar-refractivity contribution >= 4 is 11.7 Å². The lowest BCUT2D eigenvalue weighted by Gasteiger charge is -2.25. The maximum Gasteiger partial charge on any atom is 0.245 e. The van der Waals surface area contributed by atoms with Crippen molar-refractivity contribution in [1.29, 1.82) is 0 Å². The Morgan fingerprint density at radius 3 is 2.56 bits per heavy atom. The van der Waals surface area contributed by atoms with Gasteiger partial charge >= 0.3 is 0 Å². The van der Waals surface area contributed by atoms with Crippen LogP contribution >= 0.6 is 0 Å². The van der Waals surface area contributed by atoms with E-state index < -0.39 is 5.91 Å². The van der Waals surface area contributed by atoms with E-state index in [4.69, 9.17) is 10.5 Å². The van der Waals surface area contributed by atoms with E-state index in [0.29, 0.717) is 5.88 Å².